The highest BCUT2D eigenvalue weighted by Gasteiger charge is 2.24. The van der Waals surface area contributed by atoms with Gasteiger partial charge in [0.1, 0.15) is 0 Å². The fraction of sp³-hybridized carbons (Fsp3) is 0.667. The molecule has 2 aliphatic heterocycles. The predicted octanol–water partition coefficient (Wildman–Crippen LogP) is 2.73. The zero-order valence-corrected chi connectivity index (χ0v) is 17.9. The molecule has 1 N–H and O–H groups in total. The molecular weight excluding hydrogens is 356 g/mol. The Bertz CT molecular complexity index is 604. The van der Waals surface area contributed by atoms with Crippen LogP contribution in [0.1, 0.15) is 24.0 Å². The van der Waals surface area contributed by atoms with Crippen molar-refractivity contribution in [3.63, 3.8) is 0 Å². The molecule has 2 heterocycles. The maximum atomic E-state index is 5.67. The highest BCUT2D eigenvalue weighted by molar-refractivity contribution is 7.80. The van der Waals surface area contributed by atoms with Crippen molar-refractivity contribution in [2.45, 2.75) is 32.7 Å². The van der Waals surface area contributed by atoms with Gasteiger partial charge in [-0.05, 0) is 69.2 Å². The van der Waals surface area contributed by atoms with E-state index in [0.717, 1.165) is 63.3 Å². The summed E-state index contributed by atoms with van der Waals surface area (Å²) in [6, 6.07) is 7.16. The molecule has 2 aliphatic rings. The lowest BCUT2D eigenvalue weighted by Crippen LogP contribution is -2.48. The molecule has 0 amide bonds. The Labute approximate surface area is 169 Å². The second-order valence-electron chi connectivity index (χ2n) is 7.96. The molecule has 0 aliphatic carbocycles. The number of morpholine rings is 1. The third kappa shape index (κ3) is 6.14. The van der Waals surface area contributed by atoms with Crippen LogP contribution in [0.3, 0.4) is 0 Å². The van der Waals surface area contributed by atoms with Crippen LogP contribution in [-0.4, -0.2) is 85.4 Å². The molecule has 0 bridgehead atoms. The summed E-state index contributed by atoms with van der Waals surface area (Å²) in [6.07, 6.45) is 2.35. The van der Waals surface area contributed by atoms with E-state index in [4.69, 9.17) is 17.0 Å². The lowest BCUT2D eigenvalue weighted by molar-refractivity contribution is 0.0311. The number of ether oxygens (including phenoxy) is 1. The number of rotatable bonds is 5. The van der Waals surface area contributed by atoms with Gasteiger partial charge in [-0.1, -0.05) is 6.07 Å². The van der Waals surface area contributed by atoms with Crippen molar-refractivity contribution < 1.29 is 4.74 Å². The van der Waals surface area contributed by atoms with Gasteiger partial charge < -0.3 is 19.9 Å². The van der Waals surface area contributed by atoms with Gasteiger partial charge in [-0.15, -0.1) is 0 Å². The van der Waals surface area contributed by atoms with Crippen LogP contribution in [0.2, 0.25) is 0 Å². The third-order valence-corrected chi connectivity index (χ3v) is 6.08. The number of benzene rings is 1. The maximum absolute atomic E-state index is 5.67. The topological polar surface area (TPSA) is 31.0 Å². The van der Waals surface area contributed by atoms with E-state index in [-0.39, 0.29) is 0 Å². The summed E-state index contributed by atoms with van der Waals surface area (Å²) in [5.74, 6) is 0. The molecule has 1 aromatic carbocycles. The summed E-state index contributed by atoms with van der Waals surface area (Å²) in [6.45, 7) is 12.5. The number of piperidine rings is 1. The summed E-state index contributed by atoms with van der Waals surface area (Å²) >= 11 is 5.67. The molecule has 0 atom stereocenters. The number of thiocarbonyl (C=S) groups is 1. The van der Waals surface area contributed by atoms with Gasteiger partial charge in [0.2, 0.25) is 0 Å². The predicted molar refractivity (Wildman–Crippen MR) is 117 cm³/mol. The van der Waals surface area contributed by atoms with Crippen molar-refractivity contribution in [1.29, 1.82) is 0 Å². The van der Waals surface area contributed by atoms with E-state index >= 15 is 0 Å². The van der Waals surface area contributed by atoms with E-state index in [0.29, 0.717) is 6.04 Å². The summed E-state index contributed by atoms with van der Waals surface area (Å²) in [7, 11) is 2.27. The molecule has 0 saturated carbocycles. The maximum Gasteiger partial charge on any atom is 0.173 e. The standard InChI is InChI=1S/C21H34N4OS/c1-17-14-18(2)16-19(15-17)22-21(27)25-6-4-20(5-7-25)23(3)8-9-24-10-12-26-13-11-24/h14-16,20H,4-13H2,1-3H3,(H,22,27). The van der Waals surface area contributed by atoms with Crippen molar-refractivity contribution in [2.24, 2.45) is 0 Å². The summed E-state index contributed by atoms with van der Waals surface area (Å²) < 4.78 is 5.43. The van der Waals surface area contributed by atoms with Gasteiger partial charge in [-0.3, -0.25) is 4.90 Å². The molecular formula is C21H34N4OS. The Balaban J connectivity index is 1.41. The van der Waals surface area contributed by atoms with Gasteiger partial charge >= 0.3 is 0 Å². The fourth-order valence-electron chi connectivity index (χ4n) is 4.07. The minimum Gasteiger partial charge on any atom is -0.379 e. The number of anilines is 1. The molecule has 2 saturated heterocycles. The highest BCUT2D eigenvalue weighted by atomic mass is 32.1. The van der Waals surface area contributed by atoms with Crippen LogP contribution in [0.25, 0.3) is 0 Å². The van der Waals surface area contributed by atoms with Crippen LogP contribution < -0.4 is 5.32 Å². The Morgan fingerprint density at radius 3 is 2.37 bits per heavy atom. The molecule has 150 valence electrons. The lowest BCUT2D eigenvalue weighted by atomic mass is 10.0. The van der Waals surface area contributed by atoms with E-state index in [2.05, 4.69) is 59.1 Å². The number of hydrogen-bond acceptors (Lipinski definition) is 4. The molecule has 5 nitrogen and oxygen atoms in total. The zero-order valence-electron chi connectivity index (χ0n) is 17.0. The number of hydrogen-bond donors (Lipinski definition) is 1. The van der Waals surface area contributed by atoms with E-state index in [1.165, 1.54) is 24.0 Å². The smallest absolute Gasteiger partial charge is 0.173 e. The third-order valence-electron chi connectivity index (χ3n) is 5.72. The lowest BCUT2D eigenvalue weighted by Gasteiger charge is -2.38. The molecule has 6 heteroatoms. The summed E-state index contributed by atoms with van der Waals surface area (Å²) in [5.41, 5.74) is 3.63. The second kappa shape index (κ2) is 9.82. The Hall–Kier alpha value is -1.21. The van der Waals surface area contributed by atoms with Crippen molar-refractivity contribution >= 4 is 23.0 Å². The van der Waals surface area contributed by atoms with Gasteiger partial charge in [0.15, 0.2) is 5.11 Å². The van der Waals surface area contributed by atoms with E-state index in [1.807, 2.05) is 0 Å². The fourth-order valence-corrected chi connectivity index (χ4v) is 4.37. The molecule has 0 spiro atoms. The summed E-state index contributed by atoms with van der Waals surface area (Å²) in [5, 5.41) is 4.29. The number of nitrogens with zero attached hydrogens (tertiary/aromatic N) is 3. The number of likely N-dealkylation sites (tertiary alicyclic amines) is 1. The van der Waals surface area contributed by atoms with Crippen LogP contribution in [-0.2, 0) is 4.74 Å². The molecule has 2 fully saturated rings. The second-order valence-corrected chi connectivity index (χ2v) is 8.35. The number of likely N-dealkylation sites (N-methyl/N-ethyl adjacent to an activating group) is 1. The minimum atomic E-state index is 0.659. The largest absolute Gasteiger partial charge is 0.379 e. The highest BCUT2D eigenvalue weighted by Crippen LogP contribution is 2.18. The Morgan fingerprint density at radius 2 is 1.74 bits per heavy atom. The molecule has 3 rings (SSSR count). The van der Waals surface area contributed by atoms with Crippen LogP contribution in [0.5, 0.6) is 0 Å². The average Bonchev–Trinajstić information content (AvgIpc) is 2.66. The van der Waals surface area contributed by atoms with Crippen molar-refractivity contribution in [1.82, 2.24) is 14.7 Å². The van der Waals surface area contributed by atoms with Crippen LogP contribution >= 0.6 is 12.2 Å². The SMILES string of the molecule is Cc1cc(C)cc(NC(=S)N2CCC(N(C)CCN3CCOCC3)CC2)c1. The van der Waals surface area contributed by atoms with Crippen molar-refractivity contribution in [2.75, 3.05) is 64.8 Å². The Morgan fingerprint density at radius 1 is 1.11 bits per heavy atom. The van der Waals surface area contributed by atoms with Gasteiger partial charge in [-0.2, -0.15) is 0 Å². The Kier molecular flexibility index (Phi) is 7.47. The van der Waals surface area contributed by atoms with Gasteiger partial charge in [0.25, 0.3) is 0 Å². The van der Waals surface area contributed by atoms with Crippen molar-refractivity contribution in [3.8, 4) is 0 Å². The average molecular weight is 391 g/mol. The van der Waals surface area contributed by atoms with Crippen LogP contribution in [0.15, 0.2) is 18.2 Å². The zero-order chi connectivity index (χ0) is 19.2. The number of aryl methyl sites for hydroxylation is 2. The van der Waals surface area contributed by atoms with Gasteiger partial charge in [0, 0.05) is 51.0 Å². The quantitative estimate of drug-likeness (QED) is 0.778. The van der Waals surface area contributed by atoms with Crippen LogP contribution in [0, 0.1) is 13.8 Å². The van der Waals surface area contributed by atoms with E-state index in [1.54, 1.807) is 0 Å². The van der Waals surface area contributed by atoms with E-state index < -0.39 is 0 Å². The number of nitrogens with one attached hydrogen (secondary N) is 1. The first-order valence-corrected chi connectivity index (χ1v) is 10.6. The molecule has 0 radical (unpaired) electrons. The van der Waals surface area contributed by atoms with Crippen LogP contribution in [0.4, 0.5) is 5.69 Å². The molecule has 27 heavy (non-hydrogen) atoms. The van der Waals surface area contributed by atoms with E-state index in [9.17, 15) is 0 Å². The first kappa shape index (κ1) is 20.5. The molecule has 0 aromatic heterocycles. The van der Waals surface area contributed by atoms with Gasteiger partial charge in [0.05, 0.1) is 13.2 Å². The first-order valence-electron chi connectivity index (χ1n) is 10.2. The molecule has 1 aromatic rings. The normalized spacial score (nSPS) is 19.5. The molecule has 0 unspecified atom stereocenters. The summed E-state index contributed by atoms with van der Waals surface area (Å²) in [4.78, 5) is 7.37. The van der Waals surface area contributed by atoms with Crippen molar-refractivity contribution in [3.05, 3.63) is 29.3 Å². The minimum absolute atomic E-state index is 0.659. The van der Waals surface area contributed by atoms with Gasteiger partial charge in [-0.25, -0.2) is 0 Å². The first-order chi connectivity index (χ1) is 13.0. The monoisotopic (exact) mass is 390 g/mol.